The lowest BCUT2D eigenvalue weighted by molar-refractivity contribution is -0.126. The molecule has 1 aromatic carbocycles. The summed E-state index contributed by atoms with van der Waals surface area (Å²) >= 11 is 5.76. The van der Waals surface area contributed by atoms with Gasteiger partial charge in [0.05, 0.1) is 23.8 Å². The van der Waals surface area contributed by atoms with E-state index in [-0.39, 0.29) is 35.7 Å². The van der Waals surface area contributed by atoms with E-state index in [1.165, 1.54) is 12.1 Å². The van der Waals surface area contributed by atoms with Crippen LogP contribution in [0.3, 0.4) is 0 Å². The lowest BCUT2D eigenvalue weighted by Crippen LogP contribution is -2.38. The lowest BCUT2D eigenvalue weighted by Gasteiger charge is -2.25. The molecule has 2 atom stereocenters. The van der Waals surface area contributed by atoms with Gasteiger partial charge in [0.2, 0.25) is 5.91 Å². The van der Waals surface area contributed by atoms with Gasteiger partial charge in [-0.05, 0) is 30.5 Å². The summed E-state index contributed by atoms with van der Waals surface area (Å²) in [6, 6.07) is 4.71. The van der Waals surface area contributed by atoms with Crippen LogP contribution in [0.5, 0.6) is 0 Å². The van der Waals surface area contributed by atoms with Crippen molar-refractivity contribution in [1.29, 1.82) is 0 Å². The number of rotatable bonds is 6. The van der Waals surface area contributed by atoms with E-state index < -0.39 is 5.82 Å². The molecule has 1 aromatic rings. The quantitative estimate of drug-likeness (QED) is 0.819. The second-order valence-electron chi connectivity index (χ2n) is 6.24. The van der Waals surface area contributed by atoms with Crippen LogP contribution in [0, 0.1) is 11.7 Å². The third kappa shape index (κ3) is 4.89. The topological polar surface area (TPSA) is 59.6 Å². The Hall–Kier alpha value is -1.21. The molecule has 3 rings (SSSR count). The summed E-state index contributed by atoms with van der Waals surface area (Å²) in [5.74, 6) is -0.597. The minimum atomic E-state index is -0.462. The van der Waals surface area contributed by atoms with Gasteiger partial charge in [-0.1, -0.05) is 17.7 Å². The second kappa shape index (κ2) is 8.25. The highest BCUT2D eigenvalue weighted by atomic mass is 35.5. The number of hydrogen-bond acceptors (Lipinski definition) is 4. The molecule has 2 fully saturated rings. The van der Waals surface area contributed by atoms with Gasteiger partial charge in [0, 0.05) is 25.6 Å². The van der Waals surface area contributed by atoms with E-state index in [2.05, 4.69) is 10.6 Å². The maximum atomic E-state index is 13.8. The Labute approximate surface area is 145 Å². The van der Waals surface area contributed by atoms with Gasteiger partial charge in [0.25, 0.3) is 0 Å². The summed E-state index contributed by atoms with van der Waals surface area (Å²) in [6.45, 7) is 2.46. The molecule has 1 saturated carbocycles. The molecule has 1 aliphatic carbocycles. The van der Waals surface area contributed by atoms with Crippen LogP contribution in [0.4, 0.5) is 4.39 Å². The zero-order chi connectivity index (χ0) is 16.9. The number of ether oxygens (including phenoxy) is 2. The van der Waals surface area contributed by atoms with E-state index in [0.29, 0.717) is 19.7 Å². The fourth-order valence-corrected chi connectivity index (χ4v) is 2.87. The Bertz CT molecular complexity index is 583. The molecule has 1 heterocycles. The normalized spacial score (nSPS) is 24.4. The van der Waals surface area contributed by atoms with Crippen molar-refractivity contribution in [2.24, 2.45) is 5.92 Å². The third-order valence-corrected chi connectivity index (χ3v) is 4.53. The van der Waals surface area contributed by atoms with E-state index in [4.69, 9.17) is 21.1 Å². The fraction of sp³-hybridized carbons (Fsp3) is 0.588. The Morgan fingerprint density at radius 3 is 3.04 bits per heavy atom. The van der Waals surface area contributed by atoms with E-state index in [1.54, 1.807) is 6.07 Å². The van der Waals surface area contributed by atoms with Crippen LogP contribution < -0.4 is 10.6 Å². The van der Waals surface area contributed by atoms with Crippen molar-refractivity contribution in [3.8, 4) is 0 Å². The monoisotopic (exact) mass is 356 g/mol. The van der Waals surface area contributed by atoms with Crippen molar-refractivity contribution in [3.63, 3.8) is 0 Å². The lowest BCUT2D eigenvalue weighted by atomic mass is 9.95. The van der Waals surface area contributed by atoms with E-state index in [1.807, 2.05) is 0 Å². The van der Waals surface area contributed by atoms with Gasteiger partial charge in [-0.25, -0.2) is 4.39 Å². The van der Waals surface area contributed by atoms with Gasteiger partial charge in [0.1, 0.15) is 12.4 Å². The molecule has 5 nitrogen and oxygen atoms in total. The predicted octanol–water partition coefficient (Wildman–Crippen LogP) is 2.05. The van der Waals surface area contributed by atoms with Gasteiger partial charge in [-0.15, -0.1) is 0 Å². The minimum absolute atomic E-state index is 0.00190. The van der Waals surface area contributed by atoms with Crippen LogP contribution in [-0.2, 0) is 14.3 Å². The van der Waals surface area contributed by atoms with Crippen molar-refractivity contribution >= 4 is 17.5 Å². The van der Waals surface area contributed by atoms with Crippen molar-refractivity contribution < 1.29 is 18.7 Å². The number of halogens is 2. The third-order valence-electron chi connectivity index (χ3n) is 4.22. The molecule has 2 aliphatic rings. The van der Waals surface area contributed by atoms with E-state index in [9.17, 15) is 9.18 Å². The summed E-state index contributed by atoms with van der Waals surface area (Å²) < 4.78 is 25.0. The van der Waals surface area contributed by atoms with Crippen molar-refractivity contribution in [2.75, 3.05) is 32.8 Å². The molecular formula is C17H22ClFN2O3. The molecule has 0 spiro atoms. The zero-order valence-corrected chi connectivity index (χ0v) is 14.2. The van der Waals surface area contributed by atoms with Crippen LogP contribution >= 0.6 is 11.6 Å². The fourth-order valence-electron chi connectivity index (χ4n) is 2.75. The van der Waals surface area contributed by atoms with Crippen LogP contribution in [0.2, 0.25) is 5.02 Å². The molecule has 24 heavy (non-hydrogen) atoms. The molecule has 1 saturated heterocycles. The Morgan fingerprint density at radius 1 is 1.46 bits per heavy atom. The first-order valence-corrected chi connectivity index (χ1v) is 8.67. The summed E-state index contributed by atoms with van der Waals surface area (Å²) in [4.78, 5) is 11.9. The van der Waals surface area contributed by atoms with Crippen LogP contribution in [0.15, 0.2) is 18.2 Å². The summed E-state index contributed by atoms with van der Waals surface area (Å²) in [6.07, 6.45) is 2.04. The van der Waals surface area contributed by atoms with Gasteiger partial charge in [0.15, 0.2) is 0 Å². The molecule has 0 bridgehead atoms. The first-order chi connectivity index (χ1) is 11.6. The van der Waals surface area contributed by atoms with Crippen molar-refractivity contribution in [2.45, 2.75) is 25.0 Å². The van der Waals surface area contributed by atoms with Gasteiger partial charge >= 0.3 is 0 Å². The van der Waals surface area contributed by atoms with Gasteiger partial charge < -0.3 is 20.1 Å². The molecule has 132 valence electrons. The Morgan fingerprint density at radius 2 is 2.29 bits per heavy atom. The molecule has 0 aromatic heterocycles. The van der Waals surface area contributed by atoms with Crippen molar-refractivity contribution in [3.05, 3.63) is 34.6 Å². The summed E-state index contributed by atoms with van der Waals surface area (Å²) in [7, 11) is 0. The first-order valence-electron chi connectivity index (χ1n) is 8.29. The summed E-state index contributed by atoms with van der Waals surface area (Å²) in [5, 5.41) is 6.26. The maximum Gasteiger partial charge on any atom is 0.246 e. The number of benzene rings is 1. The minimum Gasteiger partial charge on any atom is -0.372 e. The molecule has 1 amide bonds. The number of carbonyl (C=O) groups excluding carboxylic acids is 1. The highest BCUT2D eigenvalue weighted by Gasteiger charge is 2.28. The van der Waals surface area contributed by atoms with Crippen LogP contribution in [-0.4, -0.2) is 44.9 Å². The molecule has 7 heteroatoms. The molecule has 2 N–H and O–H groups in total. The molecule has 1 aliphatic heterocycles. The highest BCUT2D eigenvalue weighted by Crippen LogP contribution is 2.29. The number of nitrogens with one attached hydrogen (secondary N) is 2. The largest absolute Gasteiger partial charge is 0.372 e. The standard InChI is InChI=1S/C17H22ClFN2O3/c18-14-4-1-11(7-15(14)19)17-12(8-20-5-6-23-17)9-21-16(22)10-24-13-2-3-13/h1,4,7,12-13,17,20H,2-3,5-6,8-10H2,(H,21,22)/t12-,17-/m0/s1. The maximum absolute atomic E-state index is 13.8. The smallest absolute Gasteiger partial charge is 0.246 e. The van der Waals surface area contributed by atoms with E-state index in [0.717, 1.165) is 24.9 Å². The van der Waals surface area contributed by atoms with Crippen LogP contribution in [0.1, 0.15) is 24.5 Å². The number of carbonyl (C=O) groups is 1. The predicted molar refractivity (Wildman–Crippen MR) is 88.4 cm³/mol. The van der Waals surface area contributed by atoms with E-state index >= 15 is 0 Å². The molecular weight excluding hydrogens is 335 g/mol. The van der Waals surface area contributed by atoms with Gasteiger partial charge in [-0.2, -0.15) is 0 Å². The average Bonchev–Trinajstić information content (AvgIpc) is 3.40. The van der Waals surface area contributed by atoms with Crippen LogP contribution in [0.25, 0.3) is 0 Å². The summed E-state index contributed by atoms with van der Waals surface area (Å²) in [5.41, 5.74) is 0.731. The zero-order valence-electron chi connectivity index (χ0n) is 13.4. The first kappa shape index (κ1) is 17.6. The Kier molecular flexibility index (Phi) is 6.05. The Balaban J connectivity index is 1.60. The molecule has 0 unspecified atom stereocenters. The van der Waals surface area contributed by atoms with Crippen molar-refractivity contribution in [1.82, 2.24) is 10.6 Å². The second-order valence-corrected chi connectivity index (χ2v) is 6.65. The van der Waals surface area contributed by atoms with Gasteiger partial charge in [-0.3, -0.25) is 4.79 Å². The number of hydrogen-bond donors (Lipinski definition) is 2. The average molecular weight is 357 g/mol. The number of amides is 1. The molecule has 0 radical (unpaired) electrons. The highest BCUT2D eigenvalue weighted by molar-refractivity contribution is 6.30. The SMILES string of the molecule is O=C(COC1CC1)NC[C@@H]1CNCCO[C@H]1c1ccc(Cl)c(F)c1.